The van der Waals surface area contributed by atoms with Crippen molar-refractivity contribution in [2.45, 2.75) is 20.1 Å². The lowest BCUT2D eigenvalue weighted by atomic mass is 10.1. The number of fused-ring (bicyclic) bond motifs is 1. The minimum absolute atomic E-state index is 0.0645. The van der Waals surface area contributed by atoms with Crippen molar-refractivity contribution in [1.29, 1.82) is 0 Å². The highest BCUT2D eigenvalue weighted by molar-refractivity contribution is 5.95. The van der Waals surface area contributed by atoms with Crippen LogP contribution in [0.2, 0.25) is 0 Å². The predicted molar refractivity (Wildman–Crippen MR) is 106 cm³/mol. The zero-order valence-electron chi connectivity index (χ0n) is 15.4. The topological polar surface area (TPSA) is 77.2 Å². The van der Waals surface area contributed by atoms with E-state index in [4.69, 9.17) is 9.15 Å². The summed E-state index contributed by atoms with van der Waals surface area (Å²) in [4.78, 5) is 21.7. The first kappa shape index (κ1) is 17.7. The smallest absolute Gasteiger partial charge is 0.340 e. The van der Waals surface area contributed by atoms with E-state index < -0.39 is 5.97 Å². The van der Waals surface area contributed by atoms with Crippen LogP contribution in [0.15, 0.2) is 71.3 Å². The number of carbonyl (C=O) groups excluding carboxylic acids is 1. The van der Waals surface area contributed by atoms with Gasteiger partial charge in [0.1, 0.15) is 12.4 Å². The second-order valence-electron chi connectivity index (χ2n) is 6.30. The van der Waals surface area contributed by atoms with Gasteiger partial charge in [-0.2, -0.15) is 0 Å². The van der Waals surface area contributed by atoms with Crippen LogP contribution < -0.4 is 5.32 Å². The maximum atomic E-state index is 12.6. The van der Waals surface area contributed by atoms with Crippen molar-refractivity contribution < 1.29 is 13.9 Å². The zero-order valence-corrected chi connectivity index (χ0v) is 15.4. The number of aryl methyl sites for hydroxylation is 1. The molecule has 0 fully saturated rings. The molecule has 0 saturated carbocycles. The Hall–Kier alpha value is -3.67. The molecule has 2 aromatic heterocycles. The molecule has 0 aliphatic rings. The molecule has 2 aromatic carbocycles. The van der Waals surface area contributed by atoms with Crippen molar-refractivity contribution in [3.05, 3.63) is 89.6 Å². The molecule has 6 heteroatoms. The maximum Gasteiger partial charge on any atom is 0.340 e. The quantitative estimate of drug-likeness (QED) is 0.502. The molecule has 140 valence electrons. The molecule has 0 aliphatic heterocycles. The molecule has 0 unspecified atom stereocenters. The second kappa shape index (κ2) is 7.92. The van der Waals surface area contributed by atoms with Gasteiger partial charge in [-0.1, -0.05) is 24.3 Å². The van der Waals surface area contributed by atoms with Crippen molar-refractivity contribution in [1.82, 2.24) is 9.97 Å². The Morgan fingerprint density at radius 2 is 1.75 bits per heavy atom. The molecule has 0 saturated heterocycles. The number of nitrogens with one attached hydrogen (secondary N) is 1. The lowest BCUT2D eigenvalue weighted by Gasteiger charge is -2.12. The molecule has 0 aliphatic carbocycles. The van der Waals surface area contributed by atoms with Crippen LogP contribution in [0.25, 0.3) is 11.0 Å². The van der Waals surface area contributed by atoms with Gasteiger partial charge in [0.2, 0.25) is 0 Å². The van der Waals surface area contributed by atoms with Crippen LogP contribution in [-0.4, -0.2) is 15.9 Å². The largest absolute Gasteiger partial charge is 0.467 e. The molecular formula is C22H19N3O3. The number of hydrogen-bond donors (Lipinski definition) is 1. The van der Waals surface area contributed by atoms with E-state index >= 15 is 0 Å². The molecule has 0 bridgehead atoms. The number of anilines is 1. The van der Waals surface area contributed by atoms with Gasteiger partial charge in [0, 0.05) is 5.69 Å². The number of nitrogens with zero attached hydrogens (tertiary/aromatic N) is 2. The molecule has 6 nitrogen and oxygen atoms in total. The molecule has 28 heavy (non-hydrogen) atoms. The lowest BCUT2D eigenvalue weighted by molar-refractivity contribution is 0.0468. The van der Waals surface area contributed by atoms with Gasteiger partial charge < -0.3 is 14.5 Å². The Kier molecular flexibility index (Phi) is 5.01. The van der Waals surface area contributed by atoms with Gasteiger partial charge in [0.05, 0.1) is 40.8 Å². The van der Waals surface area contributed by atoms with Crippen LogP contribution in [0, 0.1) is 6.92 Å². The van der Waals surface area contributed by atoms with Gasteiger partial charge in [0.25, 0.3) is 0 Å². The average Bonchev–Trinajstić information content (AvgIpc) is 3.24. The van der Waals surface area contributed by atoms with E-state index in [-0.39, 0.29) is 6.61 Å². The van der Waals surface area contributed by atoms with Crippen LogP contribution in [0.3, 0.4) is 0 Å². The Morgan fingerprint density at radius 3 is 2.54 bits per heavy atom. The summed E-state index contributed by atoms with van der Waals surface area (Å²) in [5.41, 5.74) is 4.14. The van der Waals surface area contributed by atoms with E-state index in [1.807, 2.05) is 55.5 Å². The first-order valence-corrected chi connectivity index (χ1v) is 8.95. The first-order chi connectivity index (χ1) is 13.7. The summed E-state index contributed by atoms with van der Waals surface area (Å²) in [6.07, 6.45) is 1.62. The summed E-state index contributed by atoms with van der Waals surface area (Å²) in [5.74, 6) is 0.363. The van der Waals surface area contributed by atoms with Gasteiger partial charge in [-0.15, -0.1) is 0 Å². The summed E-state index contributed by atoms with van der Waals surface area (Å²) < 4.78 is 10.8. The van der Waals surface area contributed by atoms with Crippen molar-refractivity contribution >= 4 is 22.7 Å². The summed E-state index contributed by atoms with van der Waals surface area (Å²) in [6, 6.07) is 18.5. The minimum atomic E-state index is -0.420. The molecule has 0 radical (unpaired) electrons. The summed E-state index contributed by atoms with van der Waals surface area (Å²) in [5, 5.41) is 3.21. The fourth-order valence-electron chi connectivity index (χ4n) is 2.88. The number of furan rings is 1. The fourth-order valence-corrected chi connectivity index (χ4v) is 2.88. The monoisotopic (exact) mass is 373 g/mol. The van der Waals surface area contributed by atoms with Crippen LogP contribution >= 0.6 is 0 Å². The van der Waals surface area contributed by atoms with E-state index in [0.717, 1.165) is 22.5 Å². The first-order valence-electron chi connectivity index (χ1n) is 8.95. The van der Waals surface area contributed by atoms with E-state index in [9.17, 15) is 4.79 Å². The molecule has 0 amide bonds. The van der Waals surface area contributed by atoms with Crippen LogP contribution in [0.4, 0.5) is 5.69 Å². The third-order valence-electron chi connectivity index (χ3n) is 4.36. The number of benzene rings is 2. The van der Waals surface area contributed by atoms with Crippen molar-refractivity contribution in [3.8, 4) is 0 Å². The Labute approximate surface area is 162 Å². The normalized spacial score (nSPS) is 10.8. The van der Waals surface area contributed by atoms with Gasteiger partial charge >= 0.3 is 5.97 Å². The number of carbonyl (C=O) groups is 1. The van der Waals surface area contributed by atoms with Crippen molar-refractivity contribution in [3.63, 3.8) is 0 Å². The SMILES string of the molecule is Cc1nc2ccccc2nc1COC(=O)c1ccccc1NCc1ccco1. The highest BCUT2D eigenvalue weighted by atomic mass is 16.5. The fraction of sp³-hybridized carbons (Fsp3) is 0.136. The molecule has 0 spiro atoms. The maximum absolute atomic E-state index is 12.6. The molecular weight excluding hydrogens is 354 g/mol. The second-order valence-corrected chi connectivity index (χ2v) is 6.30. The Morgan fingerprint density at radius 1 is 1.00 bits per heavy atom. The summed E-state index contributed by atoms with van der Waals surface area (Å²) in [7, 11) is 0. The number of aromatic nitrogens is 2. The number of rotatable bonds is 6. The van der Waals surface area contributed by atoms with Gasteiger partial charge in [-0.3, -0.25) is 0 Å². The predicted octanol–water partition coefficient (Wildman–Crippen LogP) is 4.50. The van der Waals surface area contributed by atoms with Gasteiger partial charge in [-0.25, -0.2) is 14.8 Å². The van der Waals surface area contributed by atoms with Crippen LogP contribution in [-0.2, 0) is 17.9 Å². The highest BCUT2D eigenvalue weighted by Crippen LogP contribution is 2.19. The van der Waals surface area contributed by atoms with E-state index in [1.165, 1.54) is 0 Å². The molecule has 2 heterocycles. The molecule has 0 atom stereocenters. The summed E-state index contributed by atoms with van der Waals surface area (Å²) >= 11 is 0. The third-order valence-corrected chi connectivity index (χ3v) is 4.36. The van der Waals surface area contributed by atoms with Gasteiger partial charge in [-0.05, 0) is 43.3 Å². The Balaban J connectivity index is 1.47. The summed E-state index contributed by atoms with van der Waals surface area (Å²) in [6.45, 7) is 2.41. The van der Waals surface area contributed by atoms with E-state index in [0.29, 0.717) is 23.5 Å². The molecule has 1 N–H and O–H groups in total. The van der Waals surface area contributed by atoms with Crippen LogP contribution in [0.1, 0.15) is 27.5 Å². The number of ether oxygens (including phenoxy) is 1. The Bertz CT molecular complexity index is 1110. The average molecular weight is 373 g/mol. The molecule has 4 aromatic rings. The standard InChI is InChI=1S/C22H19N3O3/c1-15-21(25-20-11-5-4-10-19(20)24-15)14-28-22(26)17-8-2-3-9-18(17)23-13-16-7-6-12-27-16/h2-12,23H,13-14H2,1H3. The van der Waals surface area contributed by atoms with Crippen molar-refractivity contribution in [2.75, 3.05) is 5.32 Å². The lowest BCUT2D eigenvalue weighted by Crippen LogP contribution is -2.11. The van der Waals surface area contributed by atoms with Crippen LogP contribution in [0.5, 0.6) is 0 Å². The highest BCUT2D eigenvalue weighted by Gasteiger charge is 2.14. The number of hydrogen-bond acceptors (Lipinski definition) is 6. The van der Waals surface area contributed by atoms with Gasteiger partial charge in [0.15, 0.2) is 0 Å². The minimum Gasteiger partial charge on any atom is -0.467 e. The van der Waals surface area contributed by atoms with E-state index in [2.05, 4.69) is 15.3 Å². The number of esters is 1. The third kappa shape index (κ3) is 3.86. The molecule has 4 rings (SSSR count). The van der Waals surface area contributed by atoms with E-state index in [1.54, 1.807) is 18.4 Å². The van der Waals surface area contributed by atoms with Crippen molar-refractivity contribution in [2.24, 2.45) is 0 Å². The number of para-hydroxylation sites is 3. The zero-order chi connectivity index (χ0) is 19.3.